The topological polar surface area (TPSA) is 101 Å². The van der Waals surface area contributed by atoms with Gasteiger partial charge >= 0.3 is 5.69 Å². The van der Waals surface area contributed by atoms with Crippen LogP contribution >= 0.6 is 0 Å². The minimum Gasteiger partial charge on any atom is -0.380 e. The van der Waals surface area contributed by atoms with Gasteiger partial charge in [-0.25, -0.2) is 4.98 Å². The van der Waals surface area contributed by atoms with Gasteiger partial charge in [0.2, 0.25) is 5.82 Å². The fourth-order valence-electron chi connectivity index (χ4n) is 1.33. The molecule has 18 heavy (non-hydrogen) atoms. The van der Waals surface area contributed by atoms with Crippen molar-refractivity contribution in [2.45, 2.75) is 19.9 Å². The van der Waals surface area contributed by atoms with Gasteiger partial charge in [0.05, 0.1) is 17.1 Å². The minimum absolute atomic E-state index is 0.107. The third-order valence-electron chi connectivity index (χ3n) is 2.15. The van der Waals surface area contributed by atoms with Gasteiger partial charge in [0.15, 0.2) is 0 Å². The van der Waals surface area contributed by atoms with Crippen LogP contribution in [0.4, 0.5) is 11.5 Å². The highest BCUT2D eigenvalue weighted by atomic mass is 16.6. The molecular weight excluding hydrogens is 236 g/mol. The summed E-state index contributed by atoms with van der Waals surface area (Å²) in [6.45, 7) is 4.71. The molecule has 7 nitrogen and oxygen atoms in total. The van der Waals surface area contributed by atoms with E-state index in [0.29, 0.717) is 13.2 Å². The van der Waals surface area contributed by atoms with E-state index in [-0.39, 0.29) is 23.1 Å². The summed E-state index contributed by atoms with van der Waals surface area (Å²) in [5, 5.41) is 22.4. The lowest BCUT2D eigenvalue weighted by Gasteiger charge is -2.14. The van der Waals surface area contributed by atoms with E-state index >= 15 is 0 Å². The molecule has 0 saturated heterocycles. The number of hydrogen-bond donors (Lipinski definition) is 1. The van der Waals surface area contributed by atoms with Gasteiger partial charge in [0, 0.05) is 24.9 Å². The molecule has 0 aliphatic carbocycles. The number of ether oxygens (including phenoxy) is 1. The molecule has 0 spiro atoms. The van der Waals surface area contributed by atoms with Crippen molar-refractivity contribution in [2.75, 3.05) is 18.5 Å². The van der Waals surface area contributed by atoms with E-state index in [1.165, 1.54) is 12.3 Å². The van der Waals surface area contributed by atoms with Gasteiger partial charge in [0.1, 0.15) is 6.07 Å². The summed E-state index contributed by atoms with van der Waals surface area (Å²) in [6, 6.07) is 2.91. The van der Waals surface area contributed by atoms with Crippen LogP contribution < -0.4 is 5.32 Å². The molecule has 1 atom stereocenters. The maximum absolute atomic E-state index is 10.9. The lowest BCUT2D eigenvalue weighted by Crippen LogP contribution is -2.23. The average molecular weight is 250 g/mol. The molecule has 7 heteroatoms. The van der Waals surface area contributed by atoms with Crippen molar-refractivity contribution in [3.8, 4) is 6.07 Å². The predicted octanol–water partition coefficient (Wildman–Crippen LogP) is 1.70. The number of aromatic nitrogens is 1. The molecule has 1 rings (SSSR count). The van der Waals surface area contributed by atoms with E-state index in [9.17, 15) is 10.1 Å². The van der Waals surface area contributed by atoms with E-state index in [1.54, 1.807) is 0 Å². The highest BCUT2D eigenvalue weighted by Crippen LogP contribution is 2.23. The van der Waals surface area contributed by atoms with E-state index < -0.39 is 4.92 Å². The Labute approximate surface area is 105 Å². The minimum atomic E-state index is -0.566. The third kappa shape index (κ3) is 3.68. The number of rotatable bonds is 6. The first-order chi connectivity index (χ1) is 8.58. The molecule has 1 heterocycles. The molecule has 1 unspecified atom stereocenters. The zero-order chi connectivity index (χ0) is 13.5. The van der Waals surface area contributed by atoms with E-state index in [1.807, 2.05) is 19.9 Å². The first kappa shape index (κ1) is 13.9. The van der Waals surface area contributed by atoms with E-state index in [4.69, 9.17) is 10.00 Å². The number of nitro groups is 1. The largest absolute Gasteiger partial charge is 0.380 e. The maximum Gasteiger partial charge on any atom is 0.312 e. The molecule has 0 aliphatic heterocycles. The van der Waals surface area contributed by atoms with Gasteiger partial charge in [0.25, 0.3) is 0 Å². The first-order valence-corrected chi connectivity index (χ1v) is 5.47. The van der Waals surface area contributed by atoms with Crippen LogP contribution in [-0.2, 0) is 4.74 Å². The Bertz CT molecular complexity index is 470. The van der Waals surface area contributed by atoms with Crippen LogP contribution in [0.2, 0.25) is 0 Å². The summed E-state index contributed by atoms with van der Waals surface area (Å²) in [5.41, 5.74) is -0.0536. The zero-order valence-corrected chi connectivity index (χ0v) is 10.2. The van der Waals surface area contributed by atoms with Gasteiger partial charge in [-0.15, -0.1) is 0 Å². The molecule has 1 aromatic heterocycles. The van der Waals surface area contributed by atoms with Crippen molar-refractivity contribution in [3.63, 3.8) is 0 Å². The average Bonchev–Trinajstić information content (AvgIpc) is 2.36. The highest BCUT2D eigenvalue weighted by Gasteiger charge is 2.17. The summed E-state index contributed by atoms with van der Waals surface area (Å²) >= 11 is 0. The maximum atomic E-state index is 10.9. The van der Waals surface area contributed by atoms with Crippen molar-refractivity contribution >= 4 is 11.5 Å². The Balaban J connectivity index is 2.88. The van der Waals surface area contributed by atoms with Crippen LogP contribution in [0, 0.1) is 21.4 Å². The SMILES string of the molecule is CCOCC(C)Nc1ncc(C#N)cc1[N+](=O)[O-]. The summed E-state index contributed by atoms with van der Waals surface area (Å²) in [7, 11) is 0. The van der Waals surface area contributed by atoms with Gasteiger partial charge < -0.3 is 10.1 Å². The third-order valence-corrected chi connectivity index (χ3v) is 2.15. The molecule has 0 saturated carbocycles. The van der Waals surface area contributed by atoms with Crippen molar-refractivity contribution in [2.24, 2.45) is 0 Å². The Morgan fingerprint density at radius 3 is 3.00 bits per heavy atom. The molecule has 1 aromatic rings. The second-order valence-corrected chi connectivity index (χ2v) is 3.67. The van der Waals surface area contributed by atoms with Crippen molar-refractivity contribution in [3.05, 3.63) is 27.9 Å². The number of pyridine rings is 1. The summed E-state index contributed by atoms with van der Waals surface area (Å²) in [5.74, 6) is 0.145. The smallest absolute Gasteiger partial charge is 0.312 e. The Morgan fingerprint density at radius 2 is 2.44 bits per heavy atom. The second-order valence-electron chi connectivity index (χ2n) is 3.67. The lowest BCUT2D eigenvalue weighted by atomic mass is 10.2. The lowest BCUT2D eigenvalue weighted by molar-refractivity contribution is -0.384. The zero-order valence-electron chi connectivity index (χ0n) is 10.2. The van der Waals surface area contributed by atoms with Crippen LogP contribution in [0.3, 0.4) is 0 Å². The van der Waals surface area contributed by atoms with Gasteiger partial charge in [-0.05, 0) is 13.8 Å². The summed E-state index contributed by atoms with van der Waals surface area (Å²) in [6.07, 6.45) is 1.29. The first-order valence-electron chi connectivity index (χ1n) is 5.47. The Morgan fingerprint density at radius 1 is 1.72 bits per heavy atom. The molecule has 0 bridgehead atoms. The molecule has 0 radical (unpaired) electrons. The monoisotopic (exact) mass is 250 g/mol. The number of nitriles is 1. The number of anilines is 1. The van der Waals surface area contributed by atoms with Crippen molar-refractivity contribution < 1.29 is 9.66 Å². The second kappa shape index (κ2) is 6.51. The van der Waals surface area contributed by atoms with Crippen molar-refractivity contribution in [1.29, 1.82) is 5.26 Å². The molecule has 0 aromatic carbocycles. The molecule has 0 fully saturated rings. The Hall–Kier alpha value is -2.20. The summed E-state index contributed by atoms with van der Waals surface area (Å²) in [4.78, 5) is 14.2. The molecule has 0 aliphatic rings. The molecule has 0 amide bonds. The van der Waals surface area contributed by atoms with Gasteiger partial charge in [-0.3, -0.25) is 10.1 Å². The molecule has 96 valence electrons. The fraction of sp³-hybridized carbons (Fsp3) is 0.455. The molecule has 1 N–H and O–H groups in total. The highest BCUT2D eigenvalue weighted by molar-refractivity contribution is 5.58. The van der Waals surface area contributed by atoms with Crippen LogP contribution in [-0.4, -0.2) is 29.2 Å². The quantitative estimate of drug-likeness (QED) is 0.609. The fourth-order valence-corrected chi connectivity index (χ4v) is 1.33. The Kier molecular flexibility index (Phi) is 5.02. The standard InChI is InChI=1S/C11H14N4O3/c1-3-18-7-8(2)14-11-10(15(16)17)4-9(5-12)6-13-11/h4,6,8H,3,7H2,1-2H3,(H,13,14). The number of nitrogens with zero attached hydrogens (tertiary/aromatic N) is 3. The van der Waals surface area contributed by atoms with E-state index in [2.05, 4.69) is 10.3 Å². The van der Waals surface area contributed by atoms with Gasteiger partial charge in [-0.2, -0.15) is 5.26 Å². The van der Waals surface area contributed by atoms with Crippen molar-refractivity contribution in [1.82, 2.24) is 4.98 Å². The van der Waals surface area contributed by atoms with Crippen LogP contribution in [0.5, 0.6) is 0 Å². The normalized spacial score (nSPS) is 11.6. The van der Waals surface area contributed by atoms with Crippen LogP contribution in [0.25, 0.3) is 0 Å². The van der Waals surface area contributed by atoms with E-state index in [0.717, 1.165) is 0 Å². The van der Waals surface area contributed by atoms with Crippen LogP contribution in [0.15, 0.2) is 12.3 Å². The predicted molar refractivity (Wildman–Crippen MR) is 65.2 cm³/mol. The molecular formula is C11H14N4O3. The van der Waals surface area contributed by atoms with Crippen LogP contribution in [0.1, 0.15) is 19.4 Å². The summed E-state index contributed by atoms with van der Waals surface area (Å²) < 4.78 is 5.20. The van der Waals surface area contributed by atoms with Gasteiger partial charge in [-0.1, -0.05) is 0 Å². The number of nitrogens with one attached hydrogen (secondary N) is 1. The number of hydrogen-bond acceptors (Lipinski definition) is 6.